The predicted molar refractivity (Wildman–Crippen MR) is 88.0 cm³/mol. The van der Waals surface area contributed by atoms with Crippen molar-refractivity contribution >= 4 is 11.9 Å². The Balaban J connectivity index is 1.84. The van der Waals surface area contributed by atoms with Gasteiger partial charge < -0.3 is 19.9 Å². The maximum atomic E-state index is 12.4. The number of piperidine rings is 1. The second kappa shape index (κ2) is 7.49. The van der Waals surface area contributed by atoms with E-state index < -0.39 is 0 Å². The molecule has 2 saturated heterocycles. The van der Waals surface area contributed by atoms with Crippen LogP contribution in [0.2, 0.25) is 0 Å². The summed E-state index contributed by atoms with van der Waals surface area (Å²) >= 11 is 0. The van der Waals surface area contributed by atoms with Gasteiger partial charge in [0, 0.05) is 26.2 Å². The highest BCUT2D eigenvalue weighted by atomic mass is 16.5. The van der Waals surface area contributed by atoms with Gasteiger partial charge in [0.2, 0.25) is 5.91 Å². The summed E-state index contributed by atoms with van der Waals surface area (Å²) in [5.74, 6) is -0.0210. The first-order chi connectivity index (χ1) is 10.8. The second-order valence-corrected chi connectivity index (χ2v) is 7.26. The SMILES string of the molecule is COCCN1CN(C(=O)NC[C@@H]2N(C)CCCC2(C)C)CC1=O. The van der Waals surface area contributed by atoms with Crippen molar-refractivity contribution in [1.82, 2.24) is 20.0 Å². The molecule has 0 aromatic carbocycles. The summed E-state index contributed by atoms with van der Waals surface area (Å²) in [7, 11) is 3.72. The molecule has 0 spiro atoms. The average molecular weight is 326 g/mol. The van der Waals surface area contributed by atoms with Crippen LogP contribution in [-0.4, -0.2) is 86.3 Å². The maximum Gasteiger partial charge on any atom is 0.319 e. The normalized spacial score (nSPS) is 25.0. The monoisotopic (exact) mass is 326 g/mol. The Hall–Kier alpha value is -1.34. The molecule has 1 N–H and O–H groups in total. The Morgan fingerprint density at radius 2 is 2.17 bits per heavy atom. The number of hydrogen-bond acceptors (Lipinski definition) is 4. The van der Waals surface area contributed by atoms with Gasteiger partial charge in [-0.2, -0.15) is 0 Å². The first-order valence-electron chi connectivity index (χ1n) is 8.35. The first kappa shape index (κ1) is 18.0. The smallest absolute Gasteiger partial charge is 0.319 e. The van der Waals surface area contributed by atoms with E-state index in [1.165, 1.54) is 12.8 Å². The maximum absolute atomic E-state index is 12.4. The number of hydrogen-bond donors (Lipinski definition) is 1. The lowest BCUT2D eigenvalue weighted by Gasteiger charge is -2.45. The Labute approximate surface area is 138 Å². The van der Waals surface area contributed by atoms with Crippen molar-refractivity contribution in [2.45, 2.75) is 32.7 Å². The fourth-order valence-electron chi connectivity index (χ4n) is 3.56. The van der Waals surface area contributed by atoms with Gasteiger partial charge >= 0.3 is 6.03 Å². The quantitative estimate of drug-likeness (QED) is 0.802. The van der Waals surface area contributed by atoms with Crippen LogP contribution in [0.5, 0.6) is 0 Å². The van der Waals surface area contributed by atoms with E-state index in [1.54, 1.807) is 16.9 Å². The van der Waals surface area contributed by atoms with Crippen LogP contribution in [0.15, 0.2) is 0 Å². The van der Waals surface area contributed by atoms with Crippen molar-refractivity contribution in [3.8, 4) is 0 Å². The average Bonchev–Trinajstić information content (AvgIpc) is 2.85. The number of urea groups is 1. The number of ether oxygens (including phenoxy) is 1. The molecule has 0 radical (unpaired) electrons. The molecule has 2 aliphatic heterocycles. The van der Waals surface area contributed by atoms with E-state index in [-0.39, 0.29) is 23.9 Å². The number of likely N-dealkylation sites (N-methyl/N-ethyl adjacent to an activating group) is 1. The molecule has 3 amide bonds. The zero-order valence-corrected chi connectivity index (χ0v) is 14.8. The summed E-state index contributed by atoms with van der Waals surface area (Å²) in [5, 5.41) is 3.01. The zero-order chi connectivity index (χ0) is 17.0. The van der Waals surface area contributed by atoms with Gasteiger partial charge in [-0.05, 0) is 31.8 Å². The van der Waals surface area contributed by atoms with Crippen LogP contribution in [0.3, 0.4) is 0 Å². The minimum atomic E-state index is -0.159. The van der Waals surface area contributed by atoms with Crippen LogP contribution in [0.1, 0.15) is 26.7 Å². The van der Waals surface area contributed by atoms with Crippen molar-refractivity contribution in [3.05, 3.63) is 0 Å². The van der Waals surface area contributed by atoms with Gasteiger partial charge in [0.05, 0.1) is 13.3 Å². The van der Waals surface area contributed by atoms with Crippen LogP contribution >= 0.6 is 0 Å². The van der Waals surface area contributed by atoms with Crippen LogP contribution in [0, 0.1) is 5.41 Å². The molecule has 0 aromatic rings. The van der Waals surface area contributed by atoms with Gasteiger partial charge in [-0.25, -0.2) is 4.79 Å². The third-order valence-corrected chi connectivity index (χ3v) is 5.09. The Morgan fingerprint density at radius 3 is 2.83 bits per heavy atom. The molecule has 2 fully saturated rings. The van der Waals surface area contributed by atoms with E-state index in [0.29, 0.717) is 32.4 Å². The van der Waals surface area contributed by atoms with Crippen LogP contribution in [-0.2, 0) is 9.53 Å². The highest BCUT2D eigenvalue weighted by Gasteiger charge is 2.37. The van der Waals surface area contributed by atoms with Crippen LogP contribution < -0.4 is 5.32 Å². The topological polar surface area (TPSA) is 65.1 Å². The molecule has 7 nitrogen and oxygen atoms in total. The number of carbonyl (C=O) groups is 2. The molecule has 0 aromatic heterocycles. The number of nitrogens with zero attached hydrogens (tertiary/aromatic N) is 3. The molecule has 132 valence electrons. The number of amides is 3. The van der Waals surface area contributed by atoms with E-state index in [1.807, 2.05) is 0 Å². The summed E-state index contributed by atoms with van der Waals surface area (Å²) in [6, 6.07) is 0.163. The van der Waals surface area contributed by atoms with Crippen LogP contribution in [0.4, 0.5) is 4.79 Å². The highest BCUT2D eigenvalue weighted by Crippen LogP contribution is 2.33. The van der Waals surface area contributed by atoms with E-state index in [2.05, 4.69) is 31.1 Å². The summed E-state index contributed by atoms with van der Waals surface area (Å²) in [6.45, 7) is 7.70. The molecule has 1 atom stereocenters. The molecule has 2 rings (SSSR count). The molecule has 0 aliphatic carbocycles. The van der Waals surface area contributed by atoms with Crippen molar-refractivity contribution < 1.29 is 14.3 Å². The summed E-state index contributed by atoms with van der Waals surface area (Å²) in [5.41, 5.74) is 0.186. The van der Waals surface area contributed by atoms with Gasteiger partial charge in [-0.15, -0.1) is 0 Å². The van der Waals surface area contributed by atoms with E-state index in [4.69, 9.17) is 4.74 Å². The number of carbonyl (C=O) groups excluding carboxylic acids is 2. The third kappa shape index (κ3) is 4.35. The molecule has 0 unspecified atom stereocenters. The Morgan fingerprint density at radius 1 is 1.43 bits per heavy atom. The standard InChI is InChI=1S/C16H30N4O3/c1-16(2)6-5-7-18(3)13(16)10-17-15(22)20-11-14(21)19(12-20)8-9-23-4/h13H,5-12H2,1-4H3,(H,17,22)/t13-/m0/s1. The van der Waals surface area contributed by atoms with Crippen molar-refractivity contribution in [2.24, 2.45) is 5.41 Å². The van der Waals surface area contributed by atoms with Gasteiger partial charge in [0.25, 0.3) is 0 Å². The fraction of sp³-hybridized carbons (Fsp3) is 0.875. The predicted octanol–water partition coefficient (Wildman–Crippen LogP) is 0.565. The molecule has 2 aliphatic rings. The lowest BCUT2D eigenvalue weighted by molar-refractivity contribution is -0.127. The fourth-order valence-corrected chi connectivity index (χ4v) is 3.56. The lowest BCUT2D eigenvalue weighted by atomic mass is 9.76. The van der Waals surface area contributed by atoms with Gasteiger partial charge in [-0.1, -0.05) is 13.8 Å². The summed E-state index contributed by atoms with van der Waals surface area (Å²) in [6.07, 6.45) is 2.37. The molecule has 0 saturated carbocycles. The summed E-state index contributed by atoms with van der Waals surface area (Å²) < 4.78 is 4.99. The molecule has 23 heavy (non-hydrogen) atoms. The van der Waals surface area contributed by atoms with Gasteiger partial charge in [0.1, 0.15) is 6.54 Å². The first-order valence-corrected chi connectivity index (χ1v) is 8.35. The minimum Gasteiger partial charge on any atom is -0.383 e. The molecule has 7 heteroatoms. The number of methoxy groups -OCH3 is 1. The molecular weight excluding hydrogens is 296 g/mol. The summed E-state index contributed by atoms with van der Waals surface area (Å²) in [4.78, 5) is 29.8. The lowest BCUT2D eigenvalue weighted by Crippen LogP contribution is -2.54. The number of likely N-dealkylation sites (tertiary alicyclic amines) is 1. The molecular formula is C16H30N4O3. The largest absolute Gasteiger partial charge is 0.383 e. The highest BCUT2D eigenvalue weighted by molar-refractivity contribution is 5.87. The van der Waals surface area contributed by atoms with E-state index in [9.17, 15) is 9.59 Å². The molecule has 2 heterocycles. The minimum absolute atomic E-state index is 0.0210. The van der Waals surface area contributed by atoms with Gasteiger partial charge in [-0.3, -0.25) is 9.69 Å². The number of rotatable bonds is 5. The second-order valence-electron chi connectivity index (χ2n) is 7.26. The van der Waals surface area contributed by atoms with E-state index >= 15 is 0 Å². The molecule has 0 bridgehead atoms. The zero-order valence-electron chi connectivity index (χ0n) is 14.8. The number of nitrogens with one attached hydrogen (secondary N) is 1. The van der Waals surface area contributed by atoms with Crippen molar-refractivity contribution in [1.29, 1.82) is 0 Å². The Bertz CT molecular complexity index is 441. The van der Waals surface area contributed by atoms with Crippen molar-refractivity contribution in [3.63, 3.8) is 0 Å². The third-order valence-electron chi connectivity index (χ3n) is 5.09. The van der Waals surface area contributed by atoms with Gasteiger partial charge in [0.15, 0.2) is 0 Å². The van der Waals surface area contributed by atoms with E-state index in [0.717, 1.165) is 6.54 Å². The Kier molecular flexibility index (Phi) is 5.86. The van der Waals surface area contributed by atoms with Crippen LogP contribution in [0.25, 0.3) is 0 Å². The van der Waals surface area contributed by atoms with Crippen molar-refractivity contribution in [2.75, 3.05) is 53.6 Å².